The van der Waals surface area contributed by atoms with E-state index in [0.717, 1.165) is 0 Å². The third-order valence-corrected chi connectivity index (χ3v) is 2.87. The SMILES string of the molecule is C[C@H](C[C@H](O)CC[C@H]1OC(=O)[C@@H]1C)OC=O. The molecule has 1 fully saturated rings. The number of ether oxygens (including phenoxy) is 2. The van der Waals surface area contributed by atoms with Gasteiger partial charge in [-0.15, -0.1) is 0 Å². The maximum absolute atomic E-state index is 10.8. The maximum Gasteiger partial charge on any atom is 0.312 e. The molecule has 1 rings (SSSR count). The lowest BCUT2D eigenvalue weighted by Gasteiger charge is -2.33. The number of rotatable bonds is 7. The van der Waals surface area contributed by atoms with Crippen molar-refractivity contribution in [1.29, 1.82) is 0 Å². The van der Waals surface area contributed by atoms with Crippen molar-refractivity contribution < 1.29 is 24.2 Å². The summed E-state index contributed by atoms with van der Waals surface area (Å²) in [7, 11) is 0. The Labute approximate surface area is 94.7 Å². The number of hydrogen-bond acceptors (Lipinski definition) is 5. The summed E-state index contributed by atoms with van der Waals surface area (Å²) in [5.41, 5.74) is 0. The van der Waals surface area contributed by atoms with Crippen LogP contribution in [0.3, 0.4) is 0 Å². The molecular formula is C11H18O5. The first-order valence-corrected chi connectivity index (χ1v) is 5.52. The van der Waals surface area contributed by atoms with Gasteiger partial charge >= 0.3 is 5.97 Å². The van der Waals surface area contributed by atoms with Crippen molar-refractivity contribution in [3.8, 4) is 0 Å². The topological polar surface area (TPSA) is 72.8 Å². The summed E-state index contributed by atoms with van der Waals surface area (Å²) in [6.45, 7) is 3.93. The highest BCUT2D eigenvalue weighted by atomic mass is 16.6. The van der Waals surface area contributed by atoms with Crippen molar-refractivity contribution in [3.05, 3.63) is 0 Å². The van der Waals surface area contributed by atoms with Crippen molar-refractivity contribution in [3.63, 3.8) is 0 Å². The Balaban J connectivity index is 2.13. The molecule has 1 aliphatic rings. The number of carbonyl (C=O) groups is 2. The maximum atomic E-state index is 10.8. The molecule has 1 N–H and O–H groups in total. The molecule has 0 amide bonds. The Hall–Kier alpha value is -1.10. The smallest absolute Gasteiger partial charge is 0.312 e. The molecule has 16 heavy (non-hydrogen) atoms. The van der Waals surface area contributed by atoms with Gasteiger partial charge in [0.15, 0.2) is 0 Å². The third kappa shape index (κ3) is 3.48. The molecule has 1 aliphatic heterocycles. The van der Waals surface area contributed by atoms with Gasteiger partial charge in [-0.05, 0) is 26.7 Å². The van der Waals surface area contributed by atoms with Crippen molar-refractivity contribution in [2.24, 2.45) is 5.92 Å². The summed E-state index contributed by atoms with van der Waals surface area (Å²) in [6, 6.07) is 0. The molecule has 1 saturated heterocycles. The van der Waals surface area contributed by atoms with Crippen LogP contribution >= 0.6 is 0 Å². The van der Waals surface area contributed by atoms with Crippen LogP contribution in [0.2, 0.25) is 0 Å². The molecule has 4 atom stereocenters. The lowest BCUT2D eigenvalue weighted by Crippen LogP contribution is -2.43. The normalized spacial score (nSPS) is 27.6. The highest BCUT2D eigenvalue weighted by Crippen LogP contribution is 2.26. The van der Waals surface area contributed by atoms with E-state index in [1.807, 2.05) is 6.92 Å². The van der Waals surface area contributed by atoms with E-state index in [1.165, 1.54) is 0 Å². The van der Waals surface area contributed by atoms with E-state index in [1.54, 1.807) is 6.92 Å². The largest absolute Gasteiger partial charge is 0.465 e. The van der Waals surface area contributed by atoms with E-state index in [2.05, 4.69) is 4.74 Å². The van der Waals surface area contributed by atoms with Crippen molar-refractivity contribution in [2.45, 2.75) is 51.4 Å². The quantitative estimate of drug-likeness (QED) is 0.513. The van der Waals surface area contributed by atoms with Gasteiger partial charge in [0.25, 0.3) is 6.47 Å². The molecule has 0 aliphatic carbocycles. The van der Waals surface area contributed by atoms with Crippen LogP contribution in [0, 0.1) is 5.92 Å². The molecule has 5 nitrogen and oxygen atoms in total. The van der Waals surface area contributed by atoms with Crippen LogP contribution in [0.15, 0.2) is 0 Å². The fourth-order valence-corrected chi connectivity index (χ4v) is 1.76. The lowest BCUT2D eigenvalue weighted by atomic mass is 9.93. The van der Waals surface area contributed by atoms with Gasteiger partial charge in [0, 0.05) is 6.42 Å². The van der Waals surface area contributed by atoms with E-state index < -0.39 is 6.10 Å². The van der Waals surface area contributed by atoms with Gasteiger partial charge in [-0.25, -0.2) is 0 Å². The van der Waals surface area contributed by atoms with E-state index in [4.69, 9.17) is 4.74 Å². The molecule has 0 saturated carbocycles. The first-order chi connectivity index (χ1) is 7.54. The van der Waals surface area contributed by atoms with Crippen molar-refractivity contribution in [1.82, 2.24) is 0 Å². The lowest BCUT2D eigenvalue weighted by molar-refractivity contribution is -0.183. The third-order valence-electron chi connectivity index (χ3n) is 2.87. The molecule has 0 aromatic rings. The van der Waals surface area contributed by atoms with Gasteiger partial charge in [-0.2, -0.15) is 0 Å². The monoisotopic (exact) mass is 230 g/mol. The minimum Gasteiger partial charge on any atom is -0.465 e. The fraction of sp³-hybridized carbons (Fsp3) is 0.818. The molecule has 0 unspecified atom stereocenters. The van der Waals surface area contributed by atoms with Gasteiger partial charge < -0.3 is 14.6 Å². The van der Waals surface area contributed by atoms with Crippen LogP contribution in [-0.4, -0.2) is 35.9 Å². The van der Waals surface area contributed by atoms with Gasteiger partial charge in [0.2, 0.25) is 0 Å². The predicted octanol–water partition coefficient (Wildman–Crippen LogP) is 0.641. The summed E-state index contributed by atoms with van der Waals surface area (Å²) in [5, 5.41) is 9.63. The van der Waals surface area contributed by atoms with Crippen LogP contribution in [0.5, 0.6) is 0 Å². The van der Waals surface area contributed by atoms with Crippen LogP contribution in [0.1, 0.15) is 33.1 Å². The standard InChI is InChI=1S/C11H18O5/c1-7(15-6-12)5-9(13)3-4-10-8(2)11(14)16-10/h6-10,13H,3-5H2,1-2H3/t7-,8-,9-,10-/m1/s1. The summed E-state index contributed by atoms with van der Waals surface area (Å²) < 4.78 is 9.59. The Morgan fingerprint density at radius 2 is 2.31 bits per heavy atom. The molecule has 0 bridgehead atoms. The molecule has 0 aromatic carbocycles. The summed E-state index contributed by atoms with van der Waals surface area (Å²) >= 11 is 0. The predicted molar refractivity (Wildman–Crippen MR) is 55.5 cm³/mol. The molecule has 0 aromatic heterocycles. The molecule has 1 heterocycles. The Morgan fingerprint density at radius 1 is 1.62 bits per heavy atom. The zero-order chi connectivity index (χ0) is 12.1. The minimum absolute atomic E-state index is 0.0594. The van der Waals surface area contributed by atoms with Gasteiger partial charge in [0.1, 0.15) is 12.2 Å². The first kappa shape index (κ1) is 13.0. The Morgan fingerprint density at radius 3 is 2.81 bits per heavy atom. The first-order valence-electron chi connectivity index (χ1n) is 5.52. The van der Waals surface area contributed by atoms with Crippen LogP contribution < -0.4 is 0 Å². The van der Waals surface area contributed by atoms with Crippen LogP contribution in [0.25, 0.3) is 0 Å². The average molecular weight is 230 g/mol. The van der Waals surface area contributed by atoms with Crippen LogP contribution in [0.4, 0.5) is 0 Å². The van der Waals surface area contributed by atoms with Gasteiger partial charge in [-0.3, -0.25) is 9.59 Å². The number of aliphatic hydroxyl groups is 1. The van der Waals surface area contributed by atoms with Crippen molar-refractivity contribution >= 4 is 12.4 Å². The molecule has 5 heteroatoms. The Kier molecular flexibility index (Phi) is 4.73. The van der Waals surface area contributed by atoms with Crippen LogP contribution in [-0.2, 0) is 19.1 Å². The Bertz CT molecular complexity index is 253. The second-order valence-electron chi connectivity index (χ2n) is 4.27. The van der Waals surface area contributed by atoms with E-state index in [0.29, 0.717) is 25.7 Å². The molecular weight excluding hydrogens is 212 g/mol. The number of esters is 1. The molecule has 0 spiro atoms. The van der Waals surface area contributed by atoms with E-state index >= 15 is 0 Å². The number of aliphatic hydroxyl groups excluding tert-OH is 1. The fourth-order valence-electron chi connectivity index (χ4n) is 1.76. The van der Waals surface area contributed by atoms with Gasteiger partial charge in [0.05, 0.1) is 12.0 Å². The van der Waals surface area contributed by atoms with E-state index in [-0.39, 0.29) is 24.1 Å². The second kappa shape index (κ2) is 5.84. The average Bonchev–Trinajstić information content (AvgIpc) is 2.23. The molecule has 92 valence electrons. The molecule has 0 radical (unpaired) electrons. The van der Waals surface area contributed by atoms with E-state index in [9.17, 15) is 14.7 Å². The zero-order valence-electron chi connectivity index (χ0n) is 9.59. The number of carbonyl (C=O) groups excluding carboxylic acids is 2. The summed E-state index contributed by atoms with van der Waals surface area (Å²) in [4.78, 5) is 20.8. The zero-order valence-corrected chi connectivity index (χ0v) is 9.59. The number of hydrogen-bond donors (Lipinski definition) is 1. The number of cyclic esters (lactones) is 1. The van der Waals surface area contributed by atoms with Crippen molar-refractivity contribution in [2.75, 3.05) is 0 Å². The highest BCUT2D eigenvalue weighted by molar-refractivity contribution is 5.77. The summed E-state index contributed by atoms with van der Waals surface area (Å²) in [6.07, 6.45) is 0.740. The van der Waals surface area contributed by atoms with Gasteiger partial charge in [-0.1, -0.05) is 0 Å². The summed E-state index contributed by atoms with van der Waals surface area (Å²) in [5.74, 6) is -0.229. The minimum atomic E-state index is -0.526. The highest BCUT2D eigenvalue weighted by Gasteiger charge is 2.38. The second-order valence-corrected chi connectivity index (χ2v) is 4.27.